The van der Waals surface area contributed by atoms with Gasteiger partial charge in [-0.15, -0.1) is 0 Å². The summed E-state index contributed by atoms with van der Waals surface area (Å²) >= 11 is 4.00. The molecule has 0 aromatic heterocycles. The Morgan fingerprint density at radius 2 is 2.12 bits per heavy atom. The SMILES string of the molecule is CC(C)C(=O)C(CN)N1C(=O)CC(S)C1=O. The van der Waals surface area contributed by atoms with E-state index < -0.39 is 17.2 Å². The molecule has 2 amide bonds. The molecule has 5 nitrogen and oxygen atoms in total. The monoisotopic (exact) mass is 244 g/mol. The zero-order chi connectivity index (χ0) is 12.5. The molecular formula is C10H16N2O3S. The number of imide groups is 1. The lowest BCUT2D eigenvalue weighted by Crippen LogP contribution is -2.50. The Morgan fingerprint density at radius 3 is 2.44 bits per heavy atom. The van der Waals surface area contributed by atoms with Crippen LogP contribution in [-0.2, 0) is 14.4 Å². The number of likely N-dealkylation sites (tertiary alicyclic amines) is 1. The Morgan fingerprint density at radius 1 is 1.56 bits per heavy atom. The van der Waals surface area contributed by atoms with Gasteiger partial charge < -0.3 is 5.73 Å². The van der Waals surface area contributed by atoms with E-state index in [2.05, 4.69) is 12.6 Å². The third kappa shape index (κ3) is 2.27. The number of nitrogens with zero attached hydrogens (tertiary/aromatic N) is 1. The predicted molar refractivity (Wildman–Crippen MR) is 61.9 cm³/mol. The van der Waals surface area contributed by atoms with E-state index in [4.69, 9.17) is 5.73 Å². The van der Waals surface area contributed by atoms with Crippen molar-refractivity contribution in [2.24, 2.45) is 11.7 Å². The largest absolute Gasteiger partial charge is 0.328 e. The number of hydrogen-bond donors (Lipinski definition) is 2. The van der Waals surface area contributed by atoms with Crippen molar-refractivity contribution in [1.82, 2.24) is 4.90 Å². The van der Waals surface area contributed by atoms with E-state index in [1.54, 1.807) is 13.8 Å². The summed E-state index contributed by atoms with van der Waals surface area (Å²) in [4.78, 5) is 36.0. The summed E-state index contributed by atoms with van der Waals surface area (Å²) in [5.74, 6) is -1.23. The first kappa shape index (κ1) is 13.2. The first-order valence-electron chi connectivity index (χ1n) is 5.18. The minimum absolute atomic E-state index is 0.0327. The minimum Gasteiger partial charge on any atom is -0.328 e. The van der Waals surface area contributed by atoms with Gasteiger partial charge in [0.2, 0.25) is 11.8 Å². The molecule has 1 aliphatic heterocycles. The number of nitrogens with two attached hydrogens (primary N) is 1. The van der Waals surface area contributed by atoms with E-state index in [1.165, 1.54) is 0 Å². The lowest BCUT2D eigenvalue weighted by atomic mass is 10.0. The summed E-state index contributed by atoms with van der Waals surface area (Å²) in [6, 6.07) is -0.836. The van der Waals surface area contributed by atoms with Gasteiger partial charge in [0.1, 0.15) is 6.04 Å². The zero-order valence-corrected chi connectivity index (χ0v) is 10.2. The molecule has 2 unspecified atom stereocenters. The van der Waals surface area contributed by atoms with Crippen molar-refractivity contribution >= 4 is 30.2 Å². The van der Waals surface area contributed by atoms with Crippen LogP contribution in [-0.4, -0.2) is 40.3 Å². The Balaban J connectivity index is 2.93. The molecule has 6 heteroatoms. The Hall–Kier alpha value is -0.880. The van der Waals surface area contributed by atoms with Crippen molar-refractivity contribution in [3.8, 4) is 0 Å². The fraction of sp³-hybridized carbons (Fsp3) is 0.700. The molecule has 0 radical (unpaired) electrons. The topological polar surface area (TPSA) is 80.5 Å². The van der Waals surface area contributed by atoms with Gasteiger partial charge in [0.15, 0.2) is 5.78 Å². The van der Waals surface area contributed by atoms with E-state index in [1.807, 2.05) is 0 Å². The third-order valence-corrected chi connectivity index (χ3v) is 3.00. The maximum absolute atomic E-state index is 11.8. The molecule has 0 aromatic rings. The van der Waals surface area contributed by atoms with Gasteiger partial charge in [0.05, 0.1) is 5.25 Å². The van der Waals surface area contributed by atoms with Crippen LogP contribution < -0.4 is 5.73 Å². The molecule has 2 atom stereocenters. The molecule has 1 saturated heterocycles. The first-order chi connectivity index (χ1) is 7.40. The highest BCUT2D eigenvalue weighted by molar-refractivity contribution is 7.81. The lowest BCUT2D eigenvalue weighted by molar-refractivity contribution is -0.146. The average molecular weight is 244 g/mol. The number of carbonyl (C=O) groups is 3. The van der Waals surface area contributed by atoms with Crippen LogP contribution in [0.2, 0.25) is 0 Å². The molecule has 16 heavy (non-hydrogen) atoms. The molecule has 0 spiro atoms. The summed E-state index contributed by atoms with van der Waals surface area (Å²) < 4.78 is 0. The van der Waals surface area contributed by atoms with Crippen LogP contribution in [0.4, 0.5) is 0 Å². The average Bonchev–Trinajstić information content (AvgIpc) is 2.45. The number of ketones is 1. The predicted octanol–water partition coefficient (Wildman–Crippen LogP) is -0.404. The van der Waals surface area contributed by atoms with Crippen molar-refractivity contribution in [2.45, 2.75) is 31.6 Å². The van der Waals surface area contributed by atoms with Gasteiger partial charge in [-0.25, -0.2) is 0 Å². The van der Waals surface area contributed by atoms with Crippen LogP contribution in [0.25, 0.3) is 0 Å². The van der Waals surface area contributed by atoms with Crippen LogP contribution in [0.15, 0.2) is 0 Å². The molecule has 0 aromatic carbocycles. The maximum atomic E-state index is 11.8. The van der Waals surface area contributed by atoms with Crippen LogP contribution >= 0.6 is 12.6 Å². The van der Waals surface area contributed by atoms with Gasteiger partial charge in [-0.1, -0.05) is 13.8 Å². The second-order valence-corrected chi connectivity index (χ2v) is 4.75. The first-order valence-corrected chi connectivity index (χ1v) is 5.69. The quantitative estimate of drug-likeness (QED) is 0.521. The molecule has 0 bridgehead atoms. The van der Waals surface area contributed by atoms with Crippen molar-refractivity contribution < 1.29 is 14.4 Å². The second-order valence-electron chi connectivity index (χ2n) is 4.13. The van der Waals surface area contributed by atoms with E-state index in [9.17, 15) is 14.4 Å². The molecule has 1 aliphatic rings. The fourth-order valence-corrected chi connectivity index (χ4v) is 1.98. The summed E-state index contributed by atoms with van der Waals surface area (Å²) in [7, 11) is 0. The Kier molecular flexibility index (Phi) is 4.09. The van der Waals surface area contributed by atoms with Gasteiger partial charge >= 0.3 is 0 Å². The van der Waals surface area contributed by atoms with Gasteiger partial charge in [-0.2, -0.15) is 12.6 Å². The van der Waals surface area contributed by atoms with Crippen molar-refractivity contribution in [3.63, 3.8) is 0 Å². The normalized spacial score (nSPS) is 23.1. The highest BCUT2D eigenvalue weighted by atomic mass is 32.1. The summed E-state index contributed by atoms with van der Waals surface area (Å²) in [6.07, 6.45) is 0.0455. The van der Waals surface area contributed by atoms with Gasteiger partial charge in [-0.3, -0.25) is 19.3 Å². The number of rotatable bonds is 4. The molecule has 90 valence electrons. The van der Waals surface area contributed by atoms with Crippen LogP contribution in [0.3, 0.4) is 0 Å². The maximum Gasteiger partial charge on any atom is 0.243 e. The Labute approximate surface area is 99.8 Å². The highest BCUT2D eigenvalue weighted by Crippen LogP contribution is 2.21. The zero-order valence-electron chi connectivity index (χ0n) is 9.34. The van der Waals surface area contributed by atoms with Gasteiger partial charge in [0.25, 0.3) is 0 Å². The van der Waals surface area contributed by atoms with Crippen molar-refractivity contribution in [3.05, 3.63) is 0 Å². The van der Waals surface area contributed by atoms with Crippen LogP contribution in [0.1, 0.15) is 20.3 Å². The third-order valence-electron chi connectivity index (χ3n) is 2.59. The molecule has 2 N–H and O–H groups in total. The van der Waals surface area contributed by atoms with Gasteiger partial charge in [-0.05, 0) is 0 Å². The molecule has 1 fully saturated rings. The van der Waals surface area contributed by atoms with Crippen molar-refractivity contribution in [2.75, 3.05) is 6.54 Å². The molecule has 1 rings (SSSR count). The van der Waals surface area contributed by atoms with E-state index in [-0.39, 0.29) is 30.6 Å². The summed E-state index contributed by atoms with van der Waals surface area (Å²) in [6.45, 7) is 3.40. The van der Waals surface area contributed by atoms with E-state index in [0.717, 1.165) is 4.90 Å². The summed E-state index contributed by atoms with van der Waals surface area (Å²) in [5, 5.41) is -0.637. The molecule has 0 aliphatic carbocycles. The fourth-order valence-electron chi connectivity index (χ4n) is 1.70. The number of Topliss-reactive ketones (excluding diaryl/α,β-unsaturated/α-hetero) is 1. The highest BCUT2D eigenvalue weighted by Gasteiger charge is 2.42. The second kappa shape index (κ2) is 4.97. The number of amides is 2. The standard InChI is InChI=1S/C10H16N2O3S/c1-5(2)9(14)6(4-11)12-8(13)3-7(16)10(12)15/h5-7,16H,3-4,11H2,1-2H3. The number of thiol groups is 1. The van der Waals surface area contributed by atoms with Crippen LogP contribution in [0, 0.1) is 5.92 Å². The van der Waals surface area contributed by atoms with E-state index >= 15 is 0 Å². The minimum atomic E-state index is -0.836. The molecular weight excluding hydrogens is 228 g/mol. The lowest BCUT2D eigenvalue weighted by Gasteiger charge is -2.25. The number of carbonyl (C=O) groups excluding carboxylic acids is 3. The summed E-state index contributed by atoms with van der Waals surface area (Å²) in [5.41, 5.74) is 5.47. The number of hydrogen-bond acceptors (Lipinski definition) is 5. The molecule has 1 heterocycles. The van der Waals surface area contributed by atoms with Crippen LogP contribution in [0.5, 0.6) is 0 Å². The van der Waals surface area contributed by atoms with Gasteiger partial charge in [0, 0.05) is 18.9 Å². The van der Waals surface area contributed by atoms with E-state index in [0.29, 0.717) is 0 Å². The smallest absolute Gasteiger partial charge is 0.243 e. The van der Waals surface area contributed by atoms with Crippen molar-refractivity contribution in [1.29, 1.82) is 0 Å². The molecule has 0 saturated carbocycles. The Bertz CT molecular complexity index is 330.